The number of hydrogen-bond donors (Lipinski definition) is 2. The first-order chi connectivity index (χ1) is 11.0. The summed E-state index contributed by atoms with van der Waals surface area (Å²) in [6.45, 7) is 2.62. The fraction of sp³-hybridized carbons (Fsp3) is 0.438. The molecule has 23 heavy (non-hydrogen) atoms. The van der Waals surface area contributed by atoms with Gasteiger partial charge in [0.1, 0.15) is 5.88 Å². The van der Waals surface area contributed by atoms with Crippen LogP contribution in [-0.4, -0.2) is 47.6 Å². The van der Waals surface area contributed by atoms with Gasteiger partial charge in [0.2, 0.25) is 11.8 Å². The maximum atomic E-state index is 12.3. The second-order valence-corrected chi connectivity index (χ2v) is 5.79. The van der Waals surface area contributed by atoms with Gasteiger partial charge in [-0.05, 0) is 31.0 Å². The van der Waals surface area contributed by atoms with Gasteiger partial charge < -0.3 is 15.5 Å². The van der Waals surface area contributed by atoms with E-state index in [9.17, 15) is 14.4 Å². The van der Waals surface area contributed by atoms with Crippen LogP contribution in [0.15, 0.2) is 24.3 Å². The monoisotopic (exact) mass is 337 g/mol. The highest BCUT2D eigenvalue weighted by atomic mass is 35.5. The average Bonchev–Trinajstić information content (AvgIpc) is 2.54. The Morgan fingerprint density at radius 3 is 2.57 bits per heavy atom. The number of benzene rings is 1. The molecular weight excluding hydrogens is 318 g/mol. The standard InChI is InChI=1S/C16H20ClN3O3/c1-11(21)18-14-4-2-3-12(9-14)16(23)19-13-5-7-20(8-6-13)15(22)10-17/h2-4,9,13H,5-8,10H2,1H3,(H,18,21)(H,19,23). The number of carbonyl (C=O) groups is 3. The zero-order chi connectivity index (χ0) is 16.8. The van der Waals surface area contributed by atoms with Crippen molar-refractivity contribution in [2.45, 2.75) is 25.8 Å². The van der Waals surface area contributed by atoms with Crippen LogP contribution in [0.2, 0.25) is 0 Å². The van der Waals surface area contributed by atoms with E-state index in [1.165, 1.54) is 6.92 Å². The van der Waals surface area contributed by atoms with Gasteiger partial charge in [0.15, 0.2) is 0 Å². The number of amides is 3. The second kappa shape index (κ2) is 7.97. The smallest absolute Gasteiger partial charge is 0.251 e. The molecule has 1 heterocycles. The summed E-state index contributed by atoms with van der Waals surface area (Å²) in [5.74, 6) is -0.440. The Hall–Kier alpha value is -2.08. The van der Waals surface area contributed by atoms with Gasteiger partial charge in [0.05, 0.1) is 0 Å². The van der Waals surface area contributed by atoms with Crippen LogP contribution in [0.3, 0.4) is 0 Å². The predicted octanol–water partition coefficient (Wildman–Crippen LogP) is 1.60. The van der Waals surface area contributed by atoms with Gasteiger partial charge in [-0.2, -0.15) is 0 Å². The third kappa shape index (κ3) is 4.96. The maximum absolute atomic E-state index is 12.3. The summed E-state index contributed by atoms with van der Waals surface area (Å²) in [7, 11) is 0. The molecule has 0 spiro atoms. The summed E-state index contributed by atoms with van der Waals surface area (Å²) < 4.78 is 0. The minimum absolute atomic E-state index is 0.00698. The maximum Gasteiger partial charge on any atom is 0.251 e. The molecule has 0 atom stereocenters. The molecule has 0 aromatic heterocycles. The van der Waals surface area contributed by atoms with Gasteiger partial charge in [0.25, 0.3) is 5.91 Å². The predicted molar refractivity (Wildman–Crippen MR) is 88.5 cm³/mol. The molecule has 1 aliphatic heterocycles. The van der Waals surface area contributed by atoms with Crippen LogP contribution < -0.4 is 10.6 Å². The van der Waals surface area contributed by atoms with Crippen molar-refractivity contribution in [3.05, 3.63) is 29.8 Å². The lowest BCUT2D eigenvalue weighted by atomic mass is 10.0. The molecule has 3 amide bonds. The van der Waals surface area contributed by atoms with Crippen LogP contribution in [0.25, 0.3) is 0 Å². The van der Waals surface area contributed by atoms with Crippen LogP contribution in [0, 0.1) is 0 Å². The molecule has 1 aliphatic rings. The topological polar surface area (TPSA) is 78.5 Å². The molecule has 0 aliphatic carbocycles. The zero-order valence-electron chi connectivity index (χ0n) is 13.0. The average molecular weight is 338 g/mol. The molecule has 1 aromatic rings. The van der Waals surface area contributed by atoms with Gasteiger partial charge in [-0.25, -0.2) is 0 Å². The number of rotatable bonds is 4. The second-order valence-electron chi connectivity index (χ2n) is 5.52. The molecule has 0 radical (unpaired) electrons. The molecule has 2 N–H and O–H groups in total. The third-order valence-electron chi connectivity index (χ3n) is 3.74. The number of hydrogen-bond acceptors (Lipinski definition) is 3. The zero-order valence-corrected chi connectivity index (χ0v) is 13.7. The normalized spacial score (nSPS) is 15.1. The summed E-state index contributed by atoms with van der Waals surface area (Å²) in [5.41, 5.74) is 1.09. The fourth-order valence-corrected chi connectivity index (χ4v) is 2.74. The Morgan fingerprint density at radius 1 is 1.26 bits per heavy atom. The van der Waals surface area contributed by atoms with Crippen molar-refractivity contribution in [2.24, 2.45) is 0 Å². The molecule has 124 valence electrons. The molecule has 1 saturated heterocycles. The van der Waals surface area contributed by atoms with E-state index in [0.29, 0.717) is 37.2 Å². The summed E-state index contributed by atoms with van der Waals surface area (Å²) in [6, 6.07) is 6.83. The van der Waals surface area contributed by atoms with E-state index in [2.05, 4.69) is 10.6 Å². The Balaban J connectivity index is 1.90. The van der Waals surface area contributed by atoms with Crippen molar-refractivity contribution >= 4 is 35.0 Å². The van der Waals surface area contributed by atoms with E-state index in [1.807, 2.05) is 0 Å². The van der Waals surface area contributed by atoms with E-state index in [-0.39, 0.29) is 29.6 Å². The van der Waals surface area contributed by atoms with Crippen LogP contribution in [0.4, 0.5) is 5.69 Å². The van der Waals surface area contributed by atoms with E-state index < -0.39 is 0 Å². The Labute approximate surface area is 140 Å². The van der Waals surface area contributed by atoms with Crippen LogP contribution in [-0.2, 0) is 9.59 Å². The summed E-state index contributed by atoms with van der Waals surface area (Å²) in [6.07, 6.45) is 1.42. The Bertz CT molecular complexity index is 598. The minimum Gasteiger partial charge on any atom is -0.349 e. The summed E-state index contributed by atoms with van der Waals surface area (Å²) >= 11 is 5.55. The molecule has 1 aromatic carbocycles. The van der Waals surface area contributed by atoms with Crippen LogP contribution >= 0.6 is 11.6 Å². The molecule has 0 saturated carbocycles. The summed E-state index contributed by atoms with van der Waals surface area (Å²) in [4.78, 5) is 36.6. The van der Waals surface area contributed by atoms with Crippen molar-refractivity contribution in [1.29, 1.82) is 0 Å². The molecule has 6 nitrogen and oxygen atoms in total. The molecule has 7 heteroatoms. The number of nitrogens with one attached hydrogen (secondary N) is 2. The van der Waals surface area contributed by atoms with Gasteiger partial charge >= 0.3 is 0 Å². The SMILES string of the molecule is CC(=O)Nc1cccc(C(=O)NC2CCN(C(=O)CCl)CC2)c1. The largest absolute Gasteiger partial charge is 0.349 e. The van der Waals surface area contributed by atoms with E-state index in [1.54, 1.807) is 29.2 Å². The number of carbonyl (C=O) groups excluding carboxylic acids is 3. The Kier molecular flexibility index (Phi) is 5.98. The van der Waals surface area contributed by atoms with E-state index in [0.717, 1.165) is 0 Å². The van der Waals surface area contributed by atoms with Crippen molar-refractivity contribution in [3.63, 3.8) is 0 Å². The van der Waals surface area contributed by atoms with Crippen LogP contribution in [0.1, 0.15) is 30.1 Å². The number of halogens is 1. The summed E-state index contributed by atoms with van der Waals surface area (Å²) in [5, 5.41) is 5.62. The Morgan fingerprint density at radius 2 is 1.96 bits per heavy atom. The third-order valence-corrected chi connectivity index (χ3v) is 3.97. The molecule has 1 fully saturated rings. The first-order valence-electron chi connectivity index (χ1n) is 7.52. The lowest BCUT2D eigenvalue weighted by Gasteiger charge is -2.32. The first-order valence-corrected chi connectivity index (χ1v) is 8.05. The lowest BCUT2D eigenvalue weighted by molar-refractivity contribution is -0.129. The van der Waals surface area contributed by atoms with E-state index >= 15 is 0 Å². The number of alkyl halides is 1. The molecule has 0 unspecified atom stereocenters. The quantitative estimate of drug-likeness (QED) is 0.819. The van der Waals surface area contributed by atoms with Crippen molar-refractivity contribution in [3.8, 4) is 0 Å². The van der Waals surface area contributed by atoms with Gasteiger partial charge in [0, 0.05) is 37.3 Å². The van der Waals surface area contributed by atoms with Crippen LogP contribution in [0.5, 0.6) is 0 Å². The number of anilines is 1. The molecular formula is C16H20ClN3O3. The fourth-order valence-electron chi connectivity index (χ4n) is 2.57. The molecule has 2 rings (SSSR count). The van der Waals surface area contributed by atoms with Gasteiger partial charge in [-0.15, -0.1) is 11.6 Å². The highest BCUT2D eigenvalue weighted by molar-refractivity contribution is 6.27. The number of likely N-dealkylation sites (tertiary alicyclic amines) is 1. The number of piperidine rings is 1. The van der Waals surface area contributed by atoms with Gasteiger partial charge in [-0.1, -0.05) is 6.07 Å². The van der Waals surface area contributed by atoms with Crippen molar-refractivity contribution < 1.29 is 14.4 Å². The van der Waals surface area contributed by atoms with Gasteiger partial charge in [-0.3, -0.25) is 14.4 Å². The highest BCUT2D eigenvalue weighted by Crippen LogP contribution is 2.14. The lowest BCUT2D eigenvalue weighted by Crippen LogP contribution is -2.46. The van der Waals surface area contributed by atoms with E-state index in [4.69, 9.17) is 11.6 Å². The number of nitrogens with zero attached hydrogens (tertiary/aromatic N) is 1. The highest BCUT2D eigenvalue weighted by Gasteiger charge is 2.23. The van der Waals surface area contributed by atoms with Crippen molar-refractivity contribution in [1.82, 2.24) is 10.2 Å². The molecule has 0 bridgehead atoms. The first kappa shape index (κ1) is 17.3. The minimum atomic E-state index is -0.182. The van der Waals surface area contributed by atoms with Crippen molar-refractivity contribution in [2.75, 3.05) is 24.3 Å².